The summed E-state index contributed by atoms with van der Waals surface area (Å²) in [5.74, 6) is 0. The molecule has 90 valence electrons. The summed E-state index contributed by atoms with van der Waals surface area (Å²) in [7, 11) is 3.71. The second-order valence-corrected chi connectivity index (χ2v) is 3.86. The lowest BCUT2D eigenvalue weighted by Crippen LogP contribution is -2.21. The van der Waals surface area contributed by atoms with Crippen LogP contribution in [-0.2, 0) is 0 Å². The third-order valence-corrected chi connectivity index (χ3v) is 2.18. The SMILES string of the molecule is Cc1ccc(NCC(F)(F)F)cc1N(C)C. The van der Waals surface area contributed by atoms with E-state index in [-0.39, 0.29) is 0 Å². The van der Waals surface area contributed by atoms with E-state index in [1.807, 2.05) is 25.9 Å². The maximum Gasteiger partial charge on any atom is 0.405 e. The third-order valence-electron chi connectivity index (χ3n) is 2.18. The lowest BCUT2D eigenvalue weighted by Gasteiger charge is -2.17. The van der Waals surface area contributed by atoms with Gasteiger partial charge in [0, 0.05) is 25.5 Å². The first-order valence-corrected chi connectivity index (χ1v) is 4.88. The van der Waals surface area contributed by atoms with Crippen molar-refractivity contribution in [3.8, 4) is 0 Å². The van der Waals surface area contributed by atoms with Crippen molar-refractivity contribution in [3.63, 3.8) is 0 Å². The Bertz CT molecular complexity index is 359. The maximum absolute atomic E-state index is 12.0. The fourth-order valence-corrected chi connectivity index (χ4v) is 1.40. The van der Waals surface area contributed by atoms with E-state index in [1.54, 1.807) is 18.2 Å². The molecule has 1 rings (SSSR count). The third kappa shape index (κ3) is 3.64. The number of nitrogens with zero attached hydrogens (tertiary/aromatic N) is 1. The average molecular weight is 232 g/mol. The molecule has 5 heteroatoms. The average Bonchev–Trinajstić information content (AvgIpc) is 2.14. The highest BCUT2D eigenvalue weighted by Gasteiger charge is 2.26. The molecule has 0 saturated carbocycles. The van der Waals surface area contributed by atoms with Gasteiger partial charge < -0.3 is 10.2 Å². The maximum atomic E-state index is 12.0. The molecule has 0 aliphatic rings. The van der Waals surface area contributed by atoms with E-state index in [1.165, 1.54) is 0 Å². The number of rotatable bonds is 3. The summed E-state index contributed by atoms with van der Waals surface area (Å²) in [6, 6.07) is 5.16. The molecule has 0 aromatic heterocycles. The number of aryl methyl sites for hydroxylation is 1. The van der Waals surface area contributed by atoms with Crippen LogP contribution in [0.15, 0.2) is 18.2 Å². The van der Waals surface area contributed by atoms with Gasteiger partial charge in [0.1, 0.15) is 6.54 Å². The molecule has 1 N–H and O–H groups in total. The predicted molar refractivity (Wildman–Crippen MR) is 60.1 cm³/mol. The van der Waals surface area contributed by atoms with Gasteiger partial charge in [-0.25, -0.2) is 0 Å². The summed E-state index contributed by atoms with van der Waals surface area (Å²) >= 11 is 0. The van der Waals surface area contributed by atoms with Crippen LogP contribution in [0.2, 0.25) is 0 Å². The Morgan fingerprint density at radius 1 is 1.25 bits per heavy atom. The molecule has 0 unspecified atom stereocenters. The van der Waals surface area contributed by atoms with Crippen LogP contribution < -0.4 is 10.2 Å². The van der Waals surface area contributed by atoms with Crippen LogP contribution >= 0.6 is 0 Å². The first-order chi connectivity index (χ1) is 7.29. The molecule has 0 saturated heterocycles. The molecule has 0 spiro atoms. The Labute approximate surface area is 93.1 Å². The van der Waals surface area contributed by atoms with E-state index in [2.05, 4.69) is 5.32 Å². The zero-order valence-electron chi connectivity index (χ0n) is 9.52. The van der Waals surface area contributed by atoms with Crippen molar-refractivity contribution in [2.24, 2.45) is 0 Å². The molecule has 0 amide bonds. The quantitative estimate of drug-likeness (QED) is 0.861. The minimum Gasteiger partial charge on any atom is -0.377 e. The highest BCUT2D eigenvalue weighted by atomic mass is 19.4. The first kappa shape index (κ1) is 12.7. The van der Waals surface area contributed by atoms with Crippen molar-refractivity contribution in [1.29, 1.82) is 0 Å². The Kier molecular flexibility index (Phi) is 3.67. The van der Waals surface area contributed by atoms with E-state index >= 15 is 0 Å². The fraction of sp³-hybridized carbons (Fsp3) is 0.455. The Morgan fingerprint density at radius 3 is 2.38 bits per heavy atom. The molecule has 0 fully saturated rings. The Balaban J connectivity index is 2.79. The molecule has 0 atom stereocenters. The molecular formula is C11H15F3N2. The summed E-state index contributed by atoms with van der Waals surface area (Å²) in [6.07, 6.45) is -4.19. The molecule has 0 aliphatic heterocycles. The predicted octanol–water partition coefficient (Wildman–Crippen LogP) is 3.04. The van der Waals surface area contributed by atoms with Gasteiger partial charge in [-0.15, -0.1) is 0 Å². The van der Waals surface area contributed by atoms with Gasteiger partial charge in [-0.2, -0.15) is 13.2 Å². The second-order valence-electron chi connectivity index (χ2n) is 3.86. The standard InChI is InChI=1S/C11H15F3N2/c1-8-4-5-9(6-10(8)16(2)3)15-7-11(12,13)14/h4-6,15H,7H2,1-3H3. The van der Waals surface area contributed by atoms with Crippen LogP contribution in [-0.4, -0.2) is 26.8 Å². The van der Waals surface area contributed by atoms with Crippen LogP contribution in [0.1, 0.15) is 5.56 Å². The highest BCUT2D eigenvalue weighted by molar-refractivity contribution is 5.61. The largest absolute Gasteiger partial charge is 0.405 e. The summed E-state index contributed by atoms with van der Waals surface area (Å²) in [4.78, 5) is 1.87. The zero-order valence-corrected chi connectivity index (χ0v) is 9.52. The van der Waals surface area contributed by atoms with Crippen molar-refractivity contribution >= 4 is 11.4 Å². The number of halogens is 3. The molecule has 0 heterocycles. The smallest absolute Gasteiger partial charge is 0.377 e. The highest BCUT2D eigenvalue weighted by Crippen LogP contribution is 2.23. The Hall–Kier alpha value is -1.39. The number of nitrogens with one attached hydrogen (secondary N) is 1. The lowest BCUT2D eigenvalue weighted by molar-refractivity contribution is -0.115. The van der Waals surface area contributed by atoms with E-state index in [0.29, 0.717) is 5.69 Å². The molecular weight excluding hydrogens is 217 g/mol. The van der Waals surface area contributed by atoms with Crippen LogP contribution in [0.4, 0.5) is 24.5 Å². The van der Waals surface area contributed by atoms with Crippen LogP contribution in [0, 0.1) is 6.92 Å². The number of alkyl halides is 3. The van der Waals surface area contributed by atoms with E-state index in [0.717, 1.165) is 11.3 Å². The van der Waals surface area contributed by atoms with Crippen LogP contribution in [0.3, 0.4) is 0 Å². The number of benzene rings is 1. The van der Waals surface area contributed by atoms with Crippen molar-refractivity contribution < 1.29 is 13.2 Å². The van der Waals surface area contributed by atoms with Crippen molar-refractivity contribution in [2.45, 2.75) is 13.1 Å². The van der Waals surface area contributed by atoms with E-state index < -0.39 is 12.7 Å². The van der Waals surface area contributed by atoms with Gasteiger partial charge in [0.2, 0.25) is 0 Å². The second kappa shape index (κ2) is 4.63. The molecule has 1 aromatic rings. The Morgan fingerprint density at radius 2 is 1.88 bits per heavy atom. The molecule has 0 bridgehead atoms. The normalized spacial score (nSPS) is 11.4. The molecule has 0 radical (unpaired) electrons. The first-order valence-electron chi connectivity index (χ1n) is 4.88. The minimum atomic E-state index is -4.19. The van der Waals surface area contributed by atoms with Gasteiger partial charge in [-0.3, -0.25) is 0 Å². The van der Waals surface area contributed by atoms with Crippen LogP contribution in [0.5, 0.6) is 0 Å². The van der Waals surface area contributed by atoms with Crippen LogP contribution in [0.25, 0.3) is 0 Å². The molecule has 2 nitrogen and oxygen atoms in total. The zero-order chi connectivity index (χ0) is 12.3. The molecule has 1 aromatic carbocycles. The topological polar surface area (TPSA) is 15.3 Å². The van der Waals surface area contributed by atoms with Gasteiger partial charge in [-0.1, -0.05) is 6.07 Å². The molecule has 0 aliphatic carbocycles. The summed E-state index contributed by atoms with van der Waals surface area (Å²) < 4.78 is 36.0. The van der Waals surface area contributed by atoms with E-state index in [4.69, 9.17) is 0 Å². The van der Waals surface area contributed by atoms with Gasteiger partial charge in [0.15, 0.2) is 0 Å². The van der Waals surface area contributed by atoms with Crippen molar-refractivity contribution in [3.05, 3.63) is 23.8 Å². The van der Waals surface area contributed by atoms with Crippen molar-refractivity contribution in [2.75, 3.05) is 30.9 Å². The van der Waals surface area contributed by atoms with Gasteiger partial charge >= 0.3 is 6.18 Å². The minimum absolute atomic E-state index is 0.478. The number of anilines is 2. The van der Waals surface area contributed by atoms with Gasteiger partial charge in [0.25, 0.3) is 0 Å². The summed E-state index contributed by atoms with van der Waals surface area (Å²) in [5, 5.41) is 2.36. The monoisotopic (exact) mass is 232 g/mol. The number of hydrogen-bond acceptors (Lipinski definition) is 2. The van der Waals surface area contributed by atoms with E-state index in [9.17, 15) is 13.2 Å². The van der Waals surface area contributed by atoms with Gasteiger partial charge in [-0.05, 0) is 24.6 Å². The summed E-state index contributed by atoms with van der Waals surface area (Å²) in [6.45, 7) is 0.909. The molecule has 16 heavy (non-hydrogen) atoms. The lowest BCUT2D eigenvalue weighted by atomic mass is 10.1. The summed E-state index contributed by atoms with van der Waals surface area (Å²) in [5.41, 5.74) is 2.42. The van der Waals surface area contributed by atoms with Crippen molar-refractivity contribution in [1.82, 2.24) is 0 Å². The van der Waals surface area contributed by atoms with Gasteiger partial charge in [0.05, 0.1) is 0 Å². The number of hydrogen-bond donors (Lipinski definition) is 1. The fourth-order valence-electron chi connectivity index (χ4n) is 1.40.